The van der Waals surface area contributed by atoms with Crippen molar-refractivity contribution in [3.8, 4) is 5.75 Å². The highest BCUT2D eigenvalue weighted by atomic mass is 35.5. The Labute approximate surface area is 283 Å². The van der Waals surface area contributed by atoms with Crippen molar-refractivity contribution in [1.29, 1.82) is 0 Å². The van der Waals surface area contributed by atoms with Crippen LogP contribution in [0.25, 0.3) is 0 Å². The third-order valence-electron chi connectivity index (χ3n) is 10.5. The number of hydrogen-bond acceptors (Lipinski definition) is 5. The van der Waals surface area contributed by atoms with Gasteiger partial charge in [0.1, 0.15) is 11.6 Å². The minimum atomic E-state index is -5.23. The molecule has 2 heterocycles. The Morgan fingerprint density at radius 1 is 0.780 bits per heavy atom. The maximum absolute atomic E-state index is 14.4. The summed E-state index contributed by atoms with van der Waals surface area (Å²) in [5.41, 5.74) is -4.87. The van der Waals surface area contributed by atoms with Crippen LogP contribution in [0.1, 0.15) is 42.4 Å². The molecule has 3 fully saturated rings. The second kappa shape index (κ2) is 11.1. The lowest BCUT2D eigenvalue weighted by molar-refractivity contribution is -0.143. The number of fused-ring (bicyclic) bond motifs is 4. The predicted molar refractivity (Wildman–Crippen MR) is 163 cm³/mol. The first kappa shape index (κ1) is 33.8. The van der Waals surface area contributed by atoms with E-state index in [9.17, 15) is 55.0 Å². The standard InChI is InChI=1S/C35H24ClF7N2O5/c1-33-24(30(48)45(32(33)50)18-4-9-26(37)25(36)13-18)14-23-21(28(33)15-2-5-20(46)6-3-15)7-8-22-27(23)31(49)44(29(22)47)19-11-16(34(38,39)40)10-17(12-19)35(41,42)43/h2-7,9-13,22-24,27-28,46H,8,14H2,1H3. The first-order valence-electron chi connectivity index (χ1n) is 15.3. The Kier molecular flexibility index (Phi) is 7.52. The zero-order chi connectivity index (χ0) is 36.2. The van der Waals surface area contributed by atoms with E-state index in [4.69, 9.17) is 11.6 Å². The van der Waals surface area contributed by atoms with Gasteiger partial charge in [0.2, 0.25) is 23.6 Å². The molecular weight excluding hydrogens is 697 g/mol. The van der Waals surface area contributed by atoms with Crippen LogP contribution in [0.4, 0.5) is 42.1 Å². The second-order valence-electron chi connectivity index (χ2n) is 13.1. The Bertz CT molecular complexity index is 2000. The summed E-state index contributed by atoms with van der Waals surface area (Å²) in [6, 6.07) is 9.63. The third kappa shape index (κ3) is 4.93. The molecule has 4 amide bonds. The number of anilines is 2. The van der Waals surface area contributed by atoms with Crippen molar-refractivity contribution in [3.63, 3.8) is 0 Å². The van der Waals surface area contributed by atoms with Crippen LogP contribution in [-0.2, 0) is 31.5 Å². The molecule has 7 nitrogen and oxygen atoms in total. The number of carbonyl (C=O) groups excluding carboxylic acids is 4. The molecule has 1 N–H and O–H groups in total. The van der Waals surface area contributed by atoms with Crippen LogP contribution in [0.15, 0.2) is 72.3 Å². The largest absolute Gasteiger partial charge is 0.508 e. The second-order valence-corrected chi connectivity index (χ2v) is 13.5. The van der Waals surface area contributed by atoms with E-state index in [1.807, 2.05) is 0 Å². The van der Waals surface area contributed by atoms with Gasteiger partial charge in [-0.05, 0) is 79.8 Å². The number of phenols is 1. The zero-order valence-electron chi connectivity index (χ0n) is 25.7. The number of alkyl halides is 6. The quantitative estimate of drug-likeness (QED) is 0.170. The van der Waals surface area contributed by atoms with Gasteiger partial charge < -0.3 is 5.11 Å². The average Bonchev–Trinajstić information content (AvgIpc) is 3.41. The smallest absolute Gasteiger partial charge is 0.416 e. The first-order chi connectivity index (χ1) is 23.3. The molecule has 1 saturated carbocycles. The van der Waals surface area contributed by atoms with E-state index in [0.717, 1.165) is 17.0 Å². The topological polar surface area (TPSA) is 95.0 Å². The predicted octanol–water partition coefficient (Wildman–Crippen LogP) is 7.66. The van der Waals surface area contributed by atoms with E-state index in [1.165, 1.54) is 30.3 Å². The molecule has 0 aromatic heterocycles. The highest BCUT2D eigenvalue weighted by Crippen LogP contribution is 2.64. The summed E-state index contributed by atoms with van der Waals surface area (Å²) in [5, 5.41) is 9.67. The van der Waals surface area contributed by atoms with Gasteiger partial charge in [-0.1, -0.05) is 35.4 Å². The maximum Gasteiger partial charge on any atom is 0.416 e. The van der Waals surface area contributed by atoms with Gasteiger partial charge >= 0.3 is 12.4 Å². The molecule has 50 heavy (non-hydrogen) atoms. The Hall–Kier alpha value is -4.72. The lowest BCUT2D eigenvalue weighted by Gasteiger charge is -2.49. The molecule has 0 radical (unpaired) electrons. The summed E-state index contributed by atoms with van der Waals surface area (Å²) in [7, 11) is 0. The van der Waals surface area contributed by atoms with Gasteiger partial charge in [0, 0.05) is 5.92 Å². The van der Waals surface area contributed by atoms with Crippen molar-refractivity contribution in [1.82, 2.24) is 0 Å². The van der Waals surface area contributed by atoms with Gasteiger partial charge in [-0.15, -0.1) is 0 Å². The number of allylic oxidation sites excluding steroid dienone is 2. The normalized spacial score (nSPS) is 28.1. The van der Waals surface area contributed by atoms with Crippen LogP contribution in [0.3, 0.4) is 0 Å². The molecule has 2 saturated heterocycles. The Balaban J connectivity index is 1.35. The lowest BCUT2D eigenvalue weighted by Crippen LogP contribution is -2.48. The molecule has 3 aromatic carbocycles. The van der Waals surface area contributed by atoms with E-state index in [-0.39, 0.29) is 35.4 Å². The monoisotopic (exact) mass is 720 g/mol. The van der Waals surface area contributed by atoms with Crippen LogP contribution < -0.4 is 9.80 Å². The number of imide groups is 2. The van der Waals surface area contributed by atoms with Crippen molar-refractivity contribution in [2.24, 2.45) is 29.1 Å². The highest BCUT2D eigenvalue weighted by Gasteiger charge is 2.67. The van der Waals surface area contributed by atoms with Crippen LogP contribution in [0.2, 0.25) is 5.02 Å². The van der Waals surface area contributed by atoms with Crippen molar-refractivity contribution >= 4 is 46.6 Å². The van der Waals surface area contributed by atoms with Crippen molar-refractivity contribution in [2.45, 2.75) is 38.0 Å². The van der Waals surface area contributed by atoms with Gasteiger partial charge in [0.25, 0.3) is 0 Å². The number of rotatable bonds is 3. The number of nitrogens with zero attached hydrogens (tertiary/aromatic N) is 2. The fraction of sp³-hybridized carbons (Fsp3) is 0.314. The van der Waals surface area contributed by atoms with E-state index >= 15 is 0 Å². The van der Waals surface area contributed by atoms with Gasteiger partial charge in [-0.2, -0.15) is 26.3 Å². The van der Waals surface area contributed by atoms with E-state index in [1.54, 1.807) is 13.0 Å². The minimum absolute atomic E-state index is 0.00961. The molecule has 260 valence electrons. The van der Waals surface area contributed by atoms with E-state index in [0.29, 0.717) is 28.2 Å². The summed E-state index contributed by atoms with van der Waals surface area (Å²) in [5.74, 6) is -9.74. The van der Waals surface area contributed by atoms with E-state index < -0.39 is 93.6 Å². The number of phenolic OH excluding ortho intramolecular Hbond substituents is 1. The minimum Gasteiger partial charge on any atom is -0.508 e. The molecule has 0 bridgehead atoms. The molecule has 2 aliphatic carbocycles. The number of aromatic hydroxyl groups is 1. The average molecular weight is 721 g/mol. The maximum atomic E-state index is 14.4. The summed E-state index contributed by atoms with van der Waals surface area (Å²) in [6.45, 7) is 1.57. The molecular formula is C35H24ClF7N2O5. The van der Waals surface area contributed by atoms with Gasteiger partial charge in [-0.3, -0.25) is 19.2 Å². The fourth-order valence-corrected chi connectivity index (χ4v) is 8.43. The number of carbonyl (C=O) groups is 4. The summed E-state index contributed by atoms with van der Waals surface area (Å²) < 4.78 is 96.4. The van der Waals surface area contributed by atoms with Crippen molar-refractivity contribution in [3.05, 3.63) is 99.8 Å². The highest BCUT2D eigenvalue weighted by molar-refractivity contribution is 6.32. The molecule has 4 aliphatic rings. The van der Waals surface area contributed by atoms with Gasteiger partial charge in [-0.25, -0.2) is 14.2 Å². The zero-order valence-corrected chi connectivity index (χ0v) is 26.4. The number of benzene rings is 3. The first-order valence-corrected chi connectivity index (χ1v) is 15.7. The molecule has 2 aliphatic heterocycles. The molecule has 3 aromatic rings. The van der Waals surface area contributed by atoms with Crippen LogP contribution in [-0.4, -0.2) is 28.7 Å². The summed E-state index contributed by atoms with van der Waals surface area (Å²) in [4.78, 5) is 57.7. The number of amides is 4. The Morgan fingerprint density at radius 2 is 1.40 bits per heavy atom. The van der Waals surface area contributed by atoms with Crippen molar-refractivity contribution < 1.29 is 55.0 Å². The summed E-state index contributed by atoms with van der Waals surface area (Å²) >= 11 is 5.98. The molecule has 6 unspecified atom stereocenters. The Morgan fingerprint density at radius 3 is 1.98 bits per heavy atom. The van der Waals surface area contributed by atoms with Crippen molar-refractivity contribution in [2.75, 3.05) is 9.80 Å². The van der Waals surface area contributed by atoms with Crippen LogP contribution in [0, 0.1) is 34.9 Å². The van der Waals surface area contributed by atoms with Gasteiger partial charge in [0.05, 0.1) is 50.7 Å². The van der Waals surface area contributed by atoms with Crippen LogP contribution in [0.5, 0.6) is 5.75 Å². The molecule has 6 atom stereocenters. The third-order valence-corrected chi connectivity index (χ3v) is 10.8. The number of halogens is 8. The molecule has 15 heteroatoms. The number of hydrogen-bond donors (Lipinski definition) is 1. The SMILES string of the molecule is CC12C(=O)N(c3ccc(F)c(Cl)c3)C(=O)C1CC1C(=CCC3C(=O)N(c4cc(C(F)(F)F)cc(C(F)(F)F)c4)C(=O)C31)C2c1ccc(O)cc1. The molecule has 0 spiro atoms. The van der Waals surface area contributed by atoms with E-state index in [2.05, 4.69) is 0 Å². The van der Waals surface area contributed by atoms with Gasteiger partial charge in [0.15, 0.2) is 0 Å². The lowest BCUT2D eigenvalue weighted by atomic mass is 9.51. The van der Waals surface area contributed by atoms with Crippen LogP contribution >= 0.6 is 11.6 Å². The molecule has 7 rings (SSSR count). The fourth-order valence-electron chi connectivity index (χ4n) is 8.25. The summed E-state index contributed by atoms with van der Waals surface area (Å²) in [6.07, 6.45) is -9.12.